The van der Waals surface area contributed by atoms with E-state index in [1.165, 1.54) is 12.3 Å². The summed E-state index contributed by atoms with van der Waals surface area (Å²) in [5, 5.41) is 10.9. The molecule has 0 aliphatic rings. The average Bonchev–Trinajstić information content (AvgIpc) is 2.82. The Bertz CT molecular complexity index is 784. The predicted octanol–water partition coefficient (Wildman–Crippen LogP) is 0.952. The smallest absolute Gasteiger partial charge is 0.289 e. The van der Waals surface area contributed by atoms with E-state index < -0.39 is 25.5 Å². The third-order valence-corrected chi connectivity index (χ3v) is 3.98. The molecule has 1 heterocycles. The van der Waals surface area contributed by atoms with E-state index in [-0.39, 0.29) is 18.1 Å². The Labute approximate surface area is 120 Å². The summed E-state index contributed by atoms with van der Waals surface area (Å²) in [5.41, 5.74) is 5.04. The second-order valence-corrected chi connectivity index (χ2v) is 5.91. The average molecular weight is 312 g/mol. The molecule has 0 aliphatic heterocycles. The van der Waals surface area contributed by atoms with Crippen molar-refractivity contribution in [3.8, 4) is 0 Å². The van der Waals surface area contributed by atoms with E-state index in [0.717, 1.165) is 12.1 Å². The first-order valence-electron chi connectivity index (χ1n) is 5.74. The highest BCUT2D eigenvalue weighted by Crippen LogP contribution is 2.25. The fourth-order valence-corrected chi connectivity index (χ4v) is 2.79. The first-order valence-corrected chi connectivity index (χ1v) is 7.23. The van der Waals surface area contributed by atoms with Crippen LogP contribution in [-0.4, -0.2) is 18.3 Å². The molecule has 1 aromatic carbocycles. The molecule has 0 atom stereocenters. The number of aromatic nitrogens is 1. The van der Waals surface area contributed by atoms with Gasteiger partial charge in [0, 0.05) is 11.8 Å². The number of anilines is 1. The number of nitrogen functional groups attached to an aromatic ring is 1. The fourth-order valence-electron chi connectivity index (χ4n) is 1.61. The lowest BCUT2D eigenvalue weighted by molar-refractivity contribution is -0.387. The number of benzene rings is 1. The highest BCUT2D eigenvalue weighted by Gasteiger charge is 2.26. The quantitative estimate of drug-likeness (QED) is 0.475. The first kappa shape index (κ1) is 14.9. The van der Waals surface area contributed by atoms with E-state index in [4.69, 9.17) is 10.2 Å². The summed E-state index contributed by atoms with van der Waals surface area (Å²) in [4.78, 5) is 13.4. The molecular weight excluding hydrogens is 300 g/mol. The van der Waals surface area contributed by atoms with Gasteiger partial charge in [-0.1, -0.05) is 0 Å². The molecule has 0 unspecified atom stereocenters. The minimum absolute atomic E-state index is 0.105. The molecule has 0 spiro atoms. The highest BCUT2D eigenvalue weighted by molar-refractivity contribution is 7.89. The van der Waals surface area contributed by atoms with Gasteiger partial charge >= 0.3 is 0 Å². The Morgan fingerprint density at radius 2 is 2.19 bits per heavy atom. The lowest BCUT2D eigenvalue weighted by atomic mass is 10.3. The number of nitro benzene ring substituents is 1. The van der Waals surface area contributed by atoms with Gasteiger partial charge in [0.2, 0.25) is 15.9 Å². The summed E-state index contributed by atoms with van der Waals surface area (Å²) >= 11 is 0. The van der Waals surface area contributed by atoms with Crippen LogP contribution in [-0.2, 0) is 16.6 Å². The van der Waals surface area contributed by atoms with Crippen LogP contribution >= 0.6 is 0 Å². The van der Waals surface area contributed by atoms with Crippen LogP contribution in [0.5, 0.6) is 0 Å². The number of nitro groups is 1. The Kier molecular flexibility index (Phi) is 3.91. The van der Waals surface area contributed by atoms with Crippen LogP contribution in [0.2, 0.25) is 0 Å². The zero-order valence-electron chi connectivity index (χ0n) is 10.9. The second kappa shape index (κ2) is 5.50. The van der Waals surface area contributed by atoms with Gasteiger partial charge in [-0.15, -0.1) is 0 Å². The van der Waals surface area contributed by atoms with Crippen molar-refractivity contribution in [1.29, 1.82) is 0 Å². The van der Waals surface area contributed by atoms with Crippen LogP contribution in [0, 0.1) is 17.0 Å². The monoisotopic (exact) mass is 312 g/mol. The van der Waals surface area contributed by atoms with Crippen molar-refractivity contribution in [2.24, 2.45) is 0 Å². The number of nitrogens with zero attached hydrogens (tertiary/aromatic N) is 2. The van der Waals surface area contributed by atoms with Crippen LogP contribution in [0.15, 0.2) is 33.7 Å². The number of nitrogens with one attached hydrogen (secondary N) is 1. The molecule has 1 aromatic heterocycles. The van der Waals surface area contributed by atoms with Gasteiger partial charge in [0.15, 0.2) is 4.90 Å². The van der Waals surface area contributed by atoms with Crippen molar-refractivity contribution in [2.45, 2.75) is 18.4 Å². The molecule has 2 aromatic rings. The van der Waals surface area contributed by atoms with Gasteiger partial charge in [0.1, 0.15) is 5.76 Å². The van der Waals surface area contributed by atoms with Crippen LogP contribution in [0.1, 0.15) is 11.7 Å². The Balaban J connectivity index is 2.31. The Morgan fingerprint density at radius 1 is 1.48 bits per heavy atom. The molecule has 2 rings (SSSR count). The van der Waals surface area contributed by atoms with Gasteiger partial charge in [-0.2, -0.15) is 0 Å². The molecule has 3 N–H and O–H groups in total. The van der Waals surface area contributed by atoms with E-state index in [2.05, 4.69) is 9.71 Å². The topological polar surface area (TPSA) is 141 Å². The molecule has 0 aliphatic carbocycles. The fraction of sp³-hybridized carbons (Fsp3) is 0.182. The lowest BCUT2D eigenvalue weighted by Crippen LogP contribution is -2.24. The summed E-state index contributed by atoms with van der Waals surface area (Å²) in [6, 6.07) is 3.33. The third kappa shape index (κ3) is 3.35. The zero-order chi connectivity index (χ0) is 15.6. The van der Waals surface area contributed by atoms with Crippen molar-refractivity contribution >= 4 is 21.4 Å². The van der Waals surface area contributed by atoms with Gasteiger partial charge in [0.25, 0.3) is 5.69 Å². The van der Waals surface area contributed by atoms with Crippen molar-refractivity contribution in [1.82, 2.24) is 9.71 Å². The van der Waals surface area contributed by atoms with Crippen LogP contribution in [0.3, 0.4) is 0 Å². The minimum Gasteiger partial charge on any atom is -0.445 e. The number of sulfonamides is 1. The number of nitrogens with two attached hydrogens (primary N) is 1. The van der Waals surface area contributed by atoms with Crippen molar-refractivity contribution in [3.63, 3.8) is 0 Å². The molecule has 0 fully saturated rings. The summed E-state index contributed by atoms with van der Waals surface area (Å²) in [6.07, 6.45) is 1.44. The number of rotatable bonds is 5. The molecule has 21 heavy (non-hydrogen) atoms. The van der Waals surface area contributed by atoms with E-state index in [1.807, 2.05) is 0 Å². The lowest BCUT2D eigenvalue weighted by Gasteiger charge is -2.06. The molecule has 0 radical (unpaired) electrons. The number of aryl methyl sites for hydroxylation is 1. The van der Waals surface area contributed by atoms with Crippen molar-refractivity contribution in [3.05, 3.63) is 46.2 Å². The predicted molar refractivity (Wildman–Crippen MR) is 72.8 cm³/mol. The van der Waals surface area contributed by atoms with Gasteiger partial charge in [0.05, 0.1) is 17.7 Å². The van der Waals surface area contributed by atoms with Crippen LogP contribution in [0.25, 0.3) is 0 Å². The van der Waals surface area contributed by atoms with Crippen LogP contribution in [0.4, 0.5) is 11.4 Å². The molecule has 0 bridgehead atoms. The van der Waals surface area contributed by atoms with Gasteiger partial charge in [-0.05, 0) is 19.1 Å². The van der Waals surface area contributed by atoms with E-state index in [1.54, 1.807) is 6.92 Å². The molecule has 0 saturated heterocycles. The maximum absolute atomic E-state index is 12.1. The standard InChI is InChI=1S/C11H12N4O5S/c1-7-5-13-11(20-7)6-14-21(18,19)10-4-8(12)2-3-9(10)15(16)17/h2-5,14H,6,12H2,1H3. The van der Waals surface area contributed by atoms with Crippen LogP contribution < -0.4 is 10.5 Å². The highest BCUT2D eigenvalue weighted by atomic mass is 32.2. The van der Waals surface area contributed by atoms with Crippen molar-refractivity contribution in [2.75, 3.05) is 5.73 Å². The Morgan fingerprint density at radius 3 is 2.76 bits per heavy atom. The SMILES string of the molecule is Cc1cnc(CNS(=O)(=O)c2cc(N)ccc2[N+](=O)[O-])o1. The number of hydrogen-bond donors (Lipinski definition) is 2. The molecule has 10 heteroatoms. The summed E-state index contributed by atoms with van der Waals surface area (Å²) in [7, 11) is -4.12. The molecular formula is C11H12N4O5S. The maximum atomic E-state index is 12.1. The van der Waals surface area contributed by atoms with Gasteiger partial charge in [-0.3, -0.25) is 10.1 Å². The summed E-state index contributed by atoms with van der Waals surface area (Å²) in [5.74, 6) is 0.682. The van der Waals surface area contributed by atoms with E-state index in [0.29, 0.717) is 5.76 Å². The second-order valence-electron chi connectivity index (χ2n) is 4.17. The molecule has 112 valence electrons. The van der Waals surface area contributed by atoms with Gasteiger partial charge < -0.3 is 10.2 Å². The largest absolute Gasteiger partial charge is 0.445 e. The van der Waals surface area contributed by atoms with E-state index in [9.17, 15) is 18.5 Å². The zero-order valence-corrected chi connectivity index (χ0v) is 11.8. The maximum Gasteiger partial charge on any atom is 0.289 e. The minimum atomic E-state index is -4.12. The van der Waals surface area contributed by atoms with Gasteiger partial charge in [-0.25, -0.2) is 18.1 Å². The first-order chi connectivity index (χ1) is 9.79. The van der Waals surface area contributed by atoms with Crippen molar-refractivity contribution < 1.29 is 17.8 Å². The molecule has 0 amide bonds. The number of hydrogen-bond acceptors (Lipinski definition) is 7. The summed E-state index contributed by atoms with van der Waals surface area (Å²) in [6.45, 7) is 1.44. The normalized spacial score (nSPS) is 11.5. The molecule has 9 nitrogen and oxygen atoms in total. The number of oxazole rings is 1. The summed E-state index contributed by atoms with van der Waals surface area (Å²) < 4.78 is 31.6. The Hall–Kier alpha value is -2.46. The van der Waals surface area contributed by atoms with E-state index >= 15 is 0 Å². The molecule has 0 saturated carbocycles. The third-order valence-electron chi connectivity index (χ3n) is 2.55.